The third-order valence-electron chi connectivity index (χ3n) is 2.52. The lowest BCUT2D eigenvalue weighted by Gasteiger charge is -2.12. The molecule has 1 aromatic carbocycles. The largest absolute Gasteiger partial charge is 0.456 e. The zero-order valence-electron chi connectivity index (χ0n) is 10.6. The van der Waals surface area contributed by atoms with Gasteiger partial charge < -0.3 is 15.2 Å². The summed E-state index contributed by atoms with van der Waals surface area (Å²) in [4.78, 5) is 3.97. The molecule has 0 aliphatic heterocycles. The van der Waals surface area contributed by atoms with Crippen LogP contribution in [0.15, 0.2) is 42.7 Å². The molecule has 0 saturated heterocycles. The molecule has 0 aliphatic rings. The lowest BCUT2D eigenvalue weighted by Crippen LogP contribution is -2.20. The molecule has 0 saturated carbocycles. The van der Waals surface area contributed by atoms with Gasteiger partial charge in [0, 0.05) is 18.8 Å². The zero-order valence-corrected chi connectivity index (χ0v) is 12.1. The number of alkyl halides is 1. The average Bonchev–Trinajstić information content (AvgIpc) is 2.47. The molecule has 1 heterocycles. The van der Waals surface area contributed by atoms with Crippen LogP contribution in [0.5, 0.6) is 11.5 Å². The third-order valence-corrected chi connectivity index (χ3v) is 3.19. The normalized spacial score (nSPS) is 11.9. The van der Waals surface area contributed by atoms with E-state index in [2.05, 4.69) is 10.3 Å². The molecule has 0 fully saturated rings. The lowest BCUT2D eigenvalue weighted by molar-refractivity contribution is 0.211. The molecular weight excluding hydrogens is 299 g/mol. The lowest BCUT2D eigenvalue weighted by atomic mass is 10.3. The molecule has 1 aromatic heterocycles. The van der Waals surface area contributed by atoms with Crippen molar-refractivity contribution in [3.05, 3.63) is 47.7 Å². The number of pyridine rings is 1. The summed E-state index contributed by atoms with van der Waals surface area (Å²) in [7, 11) is 0. The number of nitrogens with zero attached hydrogens (tertiary/aromatic N) is 1. The van der Waals surface area contributed by atoms with Crippen LogP contribution in [-0.2, 0) is 0 Å². The van der Waals surface area contributed by atoms with Gasteiger partial charge in [-0.3, -0.25) is 4.98 Å². The van der Waals surface area contributed by atoms with E-state index in [1.165, 1.54) is 0 Å². The van der Waals surface area contributed by atoms with E-state index in [4.69, 9.17) is 27.9 Å². The van der Waals surface area contributed by atoms with Crippen LogP contribution in [0.4, 0.5) is 5.69 Å². The molecule has 0 amide bonds. The molecule has 2 aromatic rings. The van der Waals surface area contributed by atoms with E-state index >= 15 is 0 Å². The predicted molar refractivity (Wildman–Crippen MR) is 81.0 cm³/mol. The van der Waals surface area contributed by atoms with Crippen LogP contribution < -0.4 is 10.1 Å². The number of ether oxygens (including phenoxy) is 1. The van der Waals surface area contributed by atoms with Crippen molar-refractivity contribution in [2.24, 2.45) is 0 Å². The molecule has 2 N–H and O–H groups in total. The molecule has 20 heavy (non-hydrogen) atoms. The zero-order chi connectivity index (χ0) is 14.4. The summed E-state index contributed by atoms with van der Waals surface area (Å²) in [6.07, 6.45) is 2.69. The van der Waals surface area contributed by atoms with Crippen molar-refractivity contribution in [2.75, 3.05) is 17.7 Å². The number of hydrogen-bond acceptors (Lipinski definition) is 4. The number of aliphatic hydroxyl groups is 1. The predicted octanol–water partition coefficient (Wildman–Crippen LogP) is 3.54. The van der Waals surface area contributed by atoms with Gasteiger partial charge in [-0.15, -0.1) is 11.6 Å². The van der Waals surface area contributed by atoms with Gasteiger partial charge in [-0.1, -0.05) is 11.6 Å². The van der Waals surface area contributed by atoms with Gasteiger partial charge in [0.2, 0.25) is 0 Å². The minimum atomic E-state index is -0.612. The summed E-state index contributed by atoms with van der Waals surface area (Å²) in [5.74, 6) is 1.43. The highest BCUT2D eigenvalue weighted by Crippen LogP contribution is 2.29. The van der Waals surface area contributed by atoms with Gasteiger partial charge in [-0.05, 0) is 24.3 Å². The van der Waals surface area contributed by atoms with E-state index in [0.29, 0.717) is 23.1 Å². The number of anilines is 1. The maximum atomic E-state index is 9.39. The Labute approximate surface area is 127 Å². The van der Waals surface area contributed by atoms with E-state index in [9.17, 15) is 5.11 Å². The number of nitrogens with one attached hydrogen (secondary N) is 1. The van der Waals surface area contributed by atoms with Crippen LogP contribution in [-0.4, -0.2) is 28.6 Å². The van der Waals surface area contributed by atoms with Crippen LogP contribution in [0.1, 0.15) is 0 Å². The Kier molecular flexibility index (Phi) is 5.47. The van der Waals surface area contributed by atoms with Gasteiger partial charge in [0.05, 0.1) is 28.9 Å². The molecule has 0 aliphatic carbocycles. The maximum absolute atomic E-state index is 9.39. The van der Waals surface area contributed by atoms with Crippen LogP contribution >= 0.6 is 23.2 Å². The minimum absolute atomic E-state index is 0.173. The van der Waals surface area contributed by atoms with E-state index < -0.39 is 6.10 Å². The molecular formula is C14H14Cl2N2O2. The van der Waals surface area contributed by atoms with Crippen LogP contribution in [0.3, 0.4) is 0 Å². The first kappa shape index (κ1) is 14.9. The molecule has 106 valence electrons. The Balaban J connectivity index is 2.02. The Hall–Kier alpha value is -1.49. The van der Waals surface area contributed by atoms with Crippen LogP contribution in [0.2, 0.25) is 5.02 Å². The highest BCUT2D eigenvalue weighted by Gasteiger charge is 2.06. The first-order chi connectivity index (χ1) is 9.69. The summed E-state index contributed by atoms with van der Waals surface area (Å²) in [6.45, 7) is 0.339. The van der Waals surface area contributed by atoms with Crippen molar-refractivity contribution < 1.29 is 9.84 Å². The monoisotopic (exact) mass is 312 g/mol. The summed E-state index contributed by atoms with van der Waals surface area (Å²) >= 11 is 11.7. The van der Waals surface area contributed by atoms with Crippen molar-refractivity contribution in [3.63, 3.8) is 0 Å². The first-order valence-corrected chi connectivity index (χ1v) is 6.95. The maximum Gasteiger partial charge on any atom is 0.145 e. The van der Waals surface area contributed by atoms with E-state index in [0.717, 1.165) is 5.69 Å². The Morgan fingerprint density at radius 2 is 2.15 bits per heavy atom. The fraction of sp³-hybridized carbons (Fsp3) is 0.214. The van der Waals surface area contributed by atoms with Gasteiger partial charge in [-0.25, -0.2) is 0 Å². The molecule has 1 unspecified atom stereocenters. The summed E-state index contributed by atoms with van der Waals surface area (Å²) in [5.41, 5.74) is 0.717. The Morgan fingerprint density at radius 1 is 1.30 bits per heavy atom. The second-order valence-corrected chi connectivity index (χ2v) is 4.84. The second kappa shape index (κ2) is 7.33. The van der Waals surface area contributed by atoms with Crippen molar-refractivity contribution in [1.82, 2.24) is 4.98 Å². The van der Waals surface area contributed by atoms with Gasteiger partial charge >= 0.3 is 0 Å². The molecule has 0 radical (unpaired) electrons. The third kappa shape index (κ3) is 4.27. The minimum Gasteiger partial charge on any atom is -0.456 e. The van der Waals surface area contributed by atoms with Crippen molar-refractivity contribution >= 4 is 28.9 Å². The number of aromatic nitrogens is 1. The highest BCUT2D eigenvalue weighted by molar-refractivity contribution is 6.33. The van der Waals surface area contributed by atoms with E-state index in [1.807, 2.05) is 6.07 Å². The second-order valence-electron chi connectivity index (χ2n) is 4.12. The number of rotatable bonds is 6. The molecule has 2 rings (SSSR count). The Bertz CT molecular complexity index is 552. The molecule has 0 spiro atoms. The van der Waals surface area contributed by atoms with Gasteiger partial charge in [0.15, 0.2) is 0 Å². The highest BCUT2D eigenvalue weighted by atomic mass is 35.5. The number of hydrogen-bond donors (Lipinski definition) is 2. The Morgan fingerprint density at radius 3 is 2.80 bits per heavy atom. The quantitative estimate of drug-likeness (QED) is 0.801. The fourth-order valence-electron chi connectivity index (χ4n) is 1.53. The number of aliphatic hydroxyl groups excluding tert-OH is 1. The van der Waals surface area contributed by atoms with Crippen LogP contribution in [0.25, 0.3) is 0 Å². The topological polar surface area (TPSA) is 54.4 Å². The SMILES string of the molecule is OC(CCl)CNc1ccc(Oc2cccnc2)cc1Cl. The van der Waals surface area contributed by atoms with E-state index in [1.54, 1.807) is 36.7 Å². The summed E-state index contributed by atoms with van der Waals surface area (Å²) in [6, 6.07) is 8.87. The standard InChI is InChI=1S/C14H14Cl2N2O2/c15-7-10(19)8-18-14-4-3-11(6-13(14)16)20-12-2-1-5-17-9-12/h1-6,9-10,18-19H,7-8H2. The van der Waals surface area contributed by atoms with Crippen molar-refractivity contribution in [1.29, 1.82) is 0 Å². The molecule has 0 bridgehead atoms. The number of benzene rings is 1. The van der Waals surface area contributed by atoms with Gasteiger partial charge in [0.25, 0.3) is 0 Å². The smallest absolute Gasteiger partial charge is 0.145 e. The van der Waals surface area contributed by atoms with Gasteiger partial charge in [0.1, 0.15) is 11.5 Å². The fourth-order valence-corrected chi connectivity index (χ4v) is 1.88. The summed E-state index contributed by atoms with van der Waals surface area (Å²) in [5, 5.41) is 12.9. The first-order valence-electron chi connectivity index (χ1n) is 6.04. The molecule has 4 nitrogen and oxygen atoms in total. The van der Waals surface area contributed by atoms with E-state index in [-0.39, 0.29) is 5.88 Å². The number of halogens is 2. The summed E-state index contributed by atoms with van der Waals surface area (Å²) < 4.78 is 5.62. The van der Waals surface area contributed by atoms with Crippen LogP contribution in [0, 0.1) is 0 Å². The van der Waals surface area contributed by atoms with Crippen molar-refractivity contribution in [3.8, 4) is 11.5 Å². The average molecular weight is 313 g/mol. The molecule has 1 atom stereocenters. The molecule has 6 heteroatoms. The van der Waals surface area contributed by atoms with Gasteiger partial charge in [-0.2, -0.15) is 0 Å². The van der Waals surface area contributed by atoms with Crippen molar-refractivity contribution in [2.45, 2.75) is 6.10 Å².